The number of nitrogens with one attached hydrogen (secondary N) is 2. The van der Waals surface area contributed by atoms with Crippen LogP contribution in [0.25, 0.3) is 4.96 Å². The summed E-state index contributed by atoms with van der Waals surface area (Å²) in [5, 5.41) is 5.44. The van der Waals surface area contributed by atoms with Gasteiger partial charge in [0.25, 0.3) is 10.0 Å². The Balaban J connectivity index is 2.13. The maximum Gasteiger partial charge on any atom is 0.284 e. The number of rotatable bonds is 4. The average molecular weight is 314 g/mol. The molecule has 0 aliphatic carbocycles. The number of hydrogen-bond acceptors (Lipinski definition) is 8. The predicted molar refractivity (Wildman–Crippen MR) is 72.7 cm³/mol. The first-order chi connectivity index (χ1) is 9.53. The molecule has 0 unspecified atom stereocenters. The Bertz CT molecular complexity index is 860. The van der Waals surface area contributed by atoms with E-state index in [1.165, 1.54) is 26.7 Å². The molecule has 0 atom stereocenters. The molecule has 20 heavy (non-hydrogen) atoms. The van der Waals surface area contributed by atoms with E-state index < -0.39 is 10.0 Å². The van der Waals surface area contributed by atoms with Crippen molar-refractivity contribution >= 4 is 38.1 Å². The van der Waals surface area contributed by atoms with E-state index in [2.05, 4.69) is 25.2 Å². The van der Waals surface area contributed by atoms with Crippen molar-refractivity contribution < 1.29 is 8.42 Å². The number of fused-ring (bicyclic) bond motifs is 1. The van der Waals surface area contributed by atoms with Crippen LogP contribution in [0.2, 0.25) is 0 Å². The van der Waals surface area contributed by atoms with Crippen molar-refractivity contribution in [3.8, 4) is 0 Å². The molecular formula is C8H10N8O2S2. The smallest absolute Gasteiger partial charge is 0.284 e. The van der Waals surface area contributed by atoms with E-state index in [-0.39, 0.29) is 16.8 Å². The maximum absolute atomic E-state index is 12.5. The van der Waals surface area contributed by atoms with Crippen LogP contribution < -0.4 is 16.0 Å². The number of nitrogens with two attached hydrogens (primary N) is 1. The van der Waals surface area contributed by atoms with E-state index in [0.717, 1.165) is 0 Å². The fourth-order valence-electron chi connectivity index (χ4n) is 1.67. The third-order valence-corrected chi connectivity index (χ3v) is 4.65. The Morgan fingerprint density at radius 3 is 2.90 bits per heavy atom. The molecule has 0 aromatic carbocycles. The predicted octanol–water partition coefficient (Wildman–Crippen LogP) is -0.389. The lowest BCUT2D eigenvalue weighted by atomic mass is 10.7. The lowest BCUT2D eigenvalue weighted by Crippen LogP contribution is -2.20. The molecule has 3 heterocycles. The Hall–Kier alpha value is -2.18. The fraction of sp³-hybridized carbons (Fsp3) is 0.125. The highest BCUT2D eigenvalue weighted by molar-refractivity contribution is 7.92. The van der Waals surface area contributed by atoms with Gasteiger partial charge in [0, 0.05) is 18.6 Å². The van der Waals surface area contributed by atoms with Crippen molar-refractivity contribution in [1.82, 2.24) is 24.1 Å². The molecule has 0 amide bonds. The van der Waals surface area contributed by atoms with Crippen LogP contribution in [-0.4, -0.2) is 32.6 Å². The molecule has 0 aliphatic rings. The molecule has 12 heteroatoms. The minimum atomic E-state index is -3.91. The van der Waals surface area contributed by atoms with E-state index in [4.69, 9.17) is 5.84 Å². The SMILES string of the molecule is Cn1ncnc1NS(=O)(=O)c1c(NN)nc2sccn12. The number of aromatic nitrogens is 5. The quantitative estimate of drug-likeness (QED) is 0.441. The van der Waals surface area contributed by atoms with Gasteiger partial charge >= 0.3 is 0 Å². The van der Waals surface area contributed by atoms with E-state index in [1.54, 1.807) is 18.6 Å². The summed E-state index contributed by atoms with van der Waals surface area (Å²) in [5.41, 5.74) is 2.28. The number of sulfonamides is 1. The van der Waals surface area contributed by atoms with Crippen LogP contribution in [0.5, 0.6) is 0 Å². The van der Waals surface area contributed by atoms with Crippen molar-refractivity contribution in [1.29, 1.82) is 0 Å². The van der Waals surface area contributed by atoms with E-state index in [1.807, 2.05) is 0 Å². The zero-order valence-electron chi connectivity index (χ0n) is 10.2. The summed E-state index contributed by atoms with van der Waals surface area (Å²) in [4.78, 5) is 8.42. The Kier molecular flexibility index (Phi) is 2.84. The number of thiazole rings is 1. The van der Waals surface area contributed by atoms with Gasteiger partial charge in [0.05, 0.1) is 0 Å². The van der Waals surface area contributed by atoms with Gasteiger partial charge in [-0.3, -0.25) is 4.40 Å². The summed E-state index contributed by atoms with van der Waals surface area (Å²) in [7, 11) is -2.34. The van der Waals surface area contributed by atoms with Crippen molar-refractivity contribution in [3.05, 3.63) is 17.9 Å². The van der Waals surface area contributed by atoms with Gasteiger partial charge in [-0.15, -0.1) is 11.3 Å². The van der Waals surface area contributed by atoms with Gasteiger partial charge in [-0.05, 0) is 0 Å². The number of nitrogen functional groups attached to an aromatic ring is 1. The van der Waals surface area contributed by atoms with Crippen LogP contribution >= 0.6 is 11.3 Å². The lowest BCUT2D eigenvalue weighted by Gasteiger charge is -2.07. The zero-order valence-corrected chi connectivity index (χ0v) is 11.8. The first-order valence-electron chi connectivity index (χ1n) is 5.32. The van der Waals surface area contributed by atoms with Gasteiger partial charge in [-0.1, -0.05) is 0 Å². The highest BCUT2D eigenvalue weighted by Crippen LogP contribution is 2.26. The summed E-state index contributed by atoms with van der Waals surface area (Å²) in [6.07, 6.45) is 2.84. The van der Waals surface area contributed by atoms with Gasteiger partial charge in [0.1, 0.15) is 6.33 Å². The fourth-order valence-corrected chi connectivity index (χ4v) is 3.73. The molecule has 3 aromatic heterocycles. The second-order valence-electron chi connectivity index (χ2n) is 3.78. The van der Waals surface area contributed by atoms with Gasteiger partial charge in [0.15, 0.2) is 10.8 Å². The third kappa shape index (κ3) is 1.90. The Morgan fingerprint density at radius 2 is 2.25 bits per heavy atom. The van der Waals surface area contributed by atoms with Crippen molar-refractivity contribution in [2.75, 3.05) is 10.1 Å². The number of imidazole rings is 1. The van der Waals surface area contributed by atoms with E-state index >= 15 is 0 Å². The topological polar surface area (TPSA) is 132 Å². The Labute approximate surface area is 117 Å². The van der Waals surface area contributed by atoms with E-state index in [9.17, 15) is 8.42 Å². The minimum Gasteiger partial charge on any atom is -0.306 e. The van der Waals surface area contributed by atoms with Crippen LogP contribution in [0.4, 0.5) is 11.8 Å². The largest absolute Gasteiger partial charge is 0.306 e. The molecule has 0 saturated carbocycles. The monoisotopic (exact) mass is 314 g/mol. The van der Waals surface area contributed by atoms with Crippen LogP contribution in [-0.2, 0) is 17.1 Å². The normalized spacial score (nSPS) is 11.9. The molecule has 3 aromatic rings. The van der Waals surface area contributed by atoms with Crippen LogP contribution in [0.1, 0.15) is 0 Å². The summed E-state index contributed by atoms with van der Waals surface area (Å²) in [6, 6.07) is 0. The molecule has 0 bridgehead atoms. The Morgan fingerprint density at radius 1 is 1.45 bits per heavy atom. The highest BCUT2D eigenvalue weighted by Gasteiger charge is 2.27. The average Bonchev–Trinajstić information content (AvgIpc) is 3.04. The second-order valence-corrected chi connectivity index (χ2v) is 6.25. The number of nitrogens with zero attached hydrogens (tertiary/aromatic N) is 5. The van der Waals surface area contributed by atoms with Gasteiger partial charge in [-0.2, -0.15) is 23.5 Å². The molecule has 0 saturated heterocycles. The minimum absolute atomic E-state index is 0.0616. The van der Waals surface area contributed by atoms with Crippen molar-refractivity contribution in [3.63, 3.8) is 0 Å². The van der Waals surface area contributed by atoms with E-state index in [0.29, 0.717) is 4.96 Å². The van der Waals surface area contributed by atoms with Gasteiger partial charge in [0.2, 0.25) is 11.0 Å². The summed E-state index contributed by atoms with van der Waals surface area (Å²) >= 11 is 1.30. The summed E-state index contributed by atoms with van der Waals surface area (Å²) < 4.78 is 30.0. The van der Waals surface area contributed by atoms with Crippen molar-refractivity contribution in [2.45, 2.75) is 5.03 Å². The molecule has 10 nitrogen and oxygen atoms in total. The molecule has 0 fully saturated rings. The number of aryl methyl sites for hydroxylation is 1. The standard InChI is InChI=1S/C8H10N8O2S2/c1-15-7(10-4-11-15)14-20(17,18)6-5(13-9)12-8-16(6)2-3-19-8/h2-4,13H,9H2,1H3,(H,10,11,14). The second kappa shape index (κ2) is 4.43. The molecular weight excluding hydrogens is 304 g/mol. The van der Waals surface area contributed by atoms with Crippen LogP contribution in [0.3, 0.4) is 0 Å². The number of anilines is 2. The zero-order chi connectivity index (χ0) is 14.3. The maximum atomic E-state index is 12.5. The summed E-state index contributed by atoms with van der Waals surface area (Å²) in [6.45, 7) is 0. The molecule has 4 N–H and O–H groups in total. The molecule has 0 radical (unpaired) electrons. The lowest BCUT2D eigenvalue weighted by molar-refractivity contribution is 0.596. The van der Waals surface area contributed by atoms with Gasteiger partial charge < -0.3 is 5.43 Å². The third-order valence-electron chi connectivity index (χ3n) is 2.55. The number of hydrazine groups is 1. The van der Waals surface area contributed by atoms with Gasteiger partial charge in [-0.25, -0.2) is 15.2 Å². The van der Waals surface area contributed by atoms with Crippen LogP contribution in [0.15, 0.2) is 22.9 Å². The van der Waals surface area contributed by atoms with Crippen LogP contribution in [0, 0.1) is 0 Å². The summed E-state index contributed by atoms with van der Waals surface area (Å²) in [5.74, 6) is 5.48. The molecule has 0 aliphatic heterocycles. The first kappa shape index (κ1) is 12.8. The molecule has 3 rings (SSSR count). The molecule has 0 spiro atoms. The molecule has 106 valence electrons. The number of hydrogen-bond donors (Lipinski definition) is 3. The first-order valence-corrected chi connectivity index (χ1v) is 7.68. The highest BCUT2D eigenvalue weighted by atomic mass is 32.2. The van der Waals surface area contributed by atoms with Crippen molar-refractivity contribution in [2.24, 2.45) is 12.9 Å².